The van der Waals surface area contributed by atoms with Crippen molar-refractivity contribution in [2.75, 3.05) is 4.81 Å². The van der Waals surface area contributed by atoms with Crippen molar-refractivity contribution in [2.45, 2.75) is 20.7 Å². The smallest absolute Gasteiger partial charge is 0.405 e. The maximum atomic E-state index is 5.89. The molecule has 3 aromatic heterocycles. The number of hydrogen-bond donors (Lipinski definition) is 0. The van der Waals surface area contributed by atoms with Crippen LogP contribution in [0.5, 0.6) is 0 Å². The van der Waals surface area contributed by atoms with Gasteiger partial charge in [0.2, 0.25) is 5.71 Å². The number of aromatic nitrogens is 2. The van der Waals surface area contributed by atoms with Crippen molar-refractivity contribution in [3.8, 4) is 0 Å². The molecule has 0 saturated heterocycles. The fourth-order valence-electron chi connectivity index (χ4n) is 3.18. The van der Waals surface area contributed by atoms with Gasteiger partial charge in [0.05, 0.1) is 30.0 Å². The monoisotopic (exact) mass is 304 g/mol. The van der Waals surface area contributed by atoms with Crippen molar-refractivity contribution in [3.63, 3.8) is 0 Å². The maximum Gasteiger partial charge on any atom is 0.405 e. The van der Waals surface area contributed by atoms with Gasteiger partial charge in [-0.1, -0.05) is 0 Å². The van der Waals surface area contributed by atoms with E-state index in [1.807, 2.05) is 6.07 Å². The number of aryl methyl sites for hydroxylation is 3. The van der Waals surface area contributed by atoms with Crippen LogP contribution in [0.15, 0.2) is 35.0 Å². The maximum absolute atomic E-state index is 5.89. The van der Waals surface area contributed by atoms with Gasteiger partial charge in [-0.3, -0.25) is 4.81 Å². The third-order valence-electron chi connectivity index (χ3n) is 4.61. The Bertz CT molecular complexity index is 1040. The zero-order chi connectivity index (χ0) is 16.1. The summed E-state index contributed by atoms with van der Waals surface area (Å²) in [6.45, 7) is 6.69. The molecular weight excluding hydrogens is 285 g/mol. The molecule has 1 aliphatic rings. The molecule has 114 valence electrons. The number of pyridine rings is 2. The molecule has 0 unspecified atom stereocenters. The van der Waals surface area contributed by atoms with Crippen molar-refractivity contribution in [3.05, 3.63) is 52.4 Å². The van der Waals surface area contributed by atoms with Crippen LogP contribution >= 0.6 is 0 Å². The molecule has 3 aromatic rings. The lowest BCUT2D eigenvalue weighted by Crippen LogP contribution is -2.47. The zero-order valence-electron chi connectivity index (χ0n) is 13.9. The van der Waals surface area contributed by atoms with E-state index in [-0.39, 0.29) is 6.85 Å². The summed E-state index contributed by atoms with van der Waals surface area (Å²) in [7, 11) is 2.09. The normalized spacial score (nSPS) is 13.7. The van der Waals surface area contributed by atoms with Crippen LogP contribution in [0.4, 0.5) is 5.82 Å². The van der Waals surface area contributed by atoms with E-state index in [1.165, 1.54) is 16.9 Å². The highest BCUT2D eigenvalue weighted by atomic mass is 16.3. The Morgan fingerprint density at radius 2 is 2.09 bits per heavy atom. The van der Waals surface area contributed by atoms with Crippen LogP contribution < -0.4 is 20.0 Å². The van der Waals surface area contributed by atoms with Crippen LogP contribution in [0, 0.1) is 13.8 Å². The molecule has 0 aliphatic carbocycles. The minimum absolute atomic E-state index is 0.219. The first-order chi connectivity index (χ1) is 11.0. The fourth-order valence-corrected chi connectivity index (χ4v) is 3.18. The predicted octanol–water partition coefficient (Wildman–Crippen LogP) is 1.47. The van der Waals surface area contributed by atoms with Gasteiger partial charge in [0, 0.05) is 12.3 Å². The van der Waals surface area contributed by atoms with Gasteiger partial charge in [-0.05, 0) is 49.9 Å². The Morgan fingerprint density at radius 3 is 2.91 bits per heavy atom. The van der Waals surface area contributed by atoms with E-state index >= 15 is 0 Å². The molecule has 0 aromatic carbocycles. The summed E-state index contributed by atoms with van der Waals surface area (Å²) < 4.78 is 8.06. The summed E-state index contributed by atoms with van der Waals surface area (Å²) in [5.74, 6) is 3.33. The molecule has 0 spiro atoms. The van der Waals surface area contributed by atoms with Gasteiger partial charge < -0.3 is 4.42 Å². The molecule has 1 aliphatic heterocycles. The summed E-state index contributed by atoms with van der Waals surface area (Å²) in [5.41, 5.74) is 4.20. The van der Waals surface area contributed by atoms with E-state index in [9.17, 15) is 0 Å². The van der Waals surface area contributed by atoms with Crippen molar-refractivity contribution >= 4 is 35.9 Å². The van der Waals surface area contributed by atoms with Crippen molar-refractivity contribution in [2.24, 2.45) is 7.05 Å². The largest absolute Gasteiger partial charge is 0.439 e. The summed E-state index contributed by atoms with van der Waals surface area (Å²) in [6, 6.07) is 6.25. The minimum atomic E-state index is 0.219. The van der Waals surface area contributed by atoms with Gasteiger partial charge in [-0.15, -0.1) is 0 Å². The average molecular weight is 304 g/mol. The highest BCUT2D eigenvalue weighted by molar-refractivity contribution is 6.76. The fraction of sp³-hybridized carbons (Fsp3) is 0.222. The topological polar surface area (TPSA) is 33.2 Å². The number of fused-ring (bicyclic) bond motifs is 3. The lowest BCUT2D eigenvalue weighted by atomic mass is 9.62. The van der Waals surface area contributed by atoms with E-state index in [4.69, 9.17) is 4.42 Å². The molecule has 4 heterocycles. The first-order valence-corrected chi connectivity index (χ1v) is 7.87. The predicted molar refractivity (Wildman–Crippen MR) is 93.4 cm³/mol. The quantitative estimate of drug-likeness (QED) is 0.504. The lowest BCUT2D eigenvalue weighted by Gasteiger charge is -2.19. The second-order valence-corrected chi connectivity index (χ2v) is 6.29. The molecule has 0 atom stereocenters. The number of anilines is 1. The van der Waals surface area contributed by atoms with Crippen LogP contribution in [-0.2, 0) is 7.05 Å². The van der Waals surface area contributed by atoms with Crippen LogP contribution in [-0.4, -0.2) is 11.8 Å². The lowest BCUT2D eigenvalue weighted by molar-refractivity contribution is -0.658. The standard InChI is InChI=1S/C18H19BN3O/c1-12-8-17(21(4)10-13(12)2)22-11-15-14-6-5-7-20-18(14)23-16(15)9-19(22)3/h5-11H,1-4H3/q+1. The van der Waals surface area contributed by atoms with Crippen molar-refractivity contribution in [1.82, 2.24) is 4.98 Å². The summed E-state index contributed by atoms with van der Waals surface area (Å²) in [6.07, 6.45) is 6.12. The minimum Gasteiger partial charge on any atom is -0.439 e. The van der Waals surface area contributed by atoms with E-state index in [1.54, 1.807) is 6.20 Å². The molecular formula is C18H19BN3O+. The molecule has 5 heteroatoms. The summed E-state index contributed by atoms with van der Waals surface area (Å²) in [4.78, 5) is 6.61. The third-order valence-corrected chi connectivity index (χ3v) is 4.61. The Labute approximate surface area is 135 Å². The van der Waals surface area contributed by atoms with Crippen molar-refractivity contribution in [1.29, 1.82) is 0 Å². The zero-order valence-corrected chi connectivity index (χ0v) is 13.9. The second-order valence-electron chi connectivity index (χ2n) is 6.29. The molecule has 0 bridgehead atoms. The number of rotatable bonds is 1. The molecule has 23 heavy (non-hydrogen) atoms. The van der Waals surface area contributed by atoms with E-state index in [0.29, 0.717) is 5.71 Å². The van der Waals surface area contributed by atoms with Gasteiger partial charge in [-0.25, -0.2) is 9.55 Å². The van der Waals surface area contributed by atoms with E-state index in [0.717, 1.165) is 16.0 Å². The Kier molecular flexibility index (Phi) is 3.05. The second kappa shape index (κ2) is 4.98. The van der Waals surface area contributed by atoms with Crippen LogP contribution in [0.25, 0.3) is 23.3 Å². The van der Waals surface area contributed by atoms with Crippen LogP contribution in [0.2, 0.25) is 6.82 Å². The Morgan fingerprint density at radius 1 is 1.26 bits per heavy atom. The number of hydrogen-bond acceptors (Lipinski definition) is 3. The Hall–Kier alpha value is -2.56. The van der Waals surface area contributed by atoms with Crippen LogP contribution in [0.3, 0.4) is 0 Å². The van der Waals surface area contributed by atoms with Gasteiger partial charge in [0.1, 0.15) is 5.42 Å². The third kappa shape index (κ3) is 2.15. The molecule has 0 radical (unpaired) electrons. The number of furan rings is 1. The van der Waals surface area contributed by atoms with Crippen LogP contribution in [0.1, 0.15) is 11.1 Å². The Balaban J connectivity index is 1.97. The van der Waals surface area contributed by atoms with E-state index in [2.05, 4.69) is 72.6 Å². The van der Waals surface area contributed by atoms with Gasteiger partial charge in [0.15, 0.2) is 0 Å². The first kappa shape index (κ1) is 14.1. The van der Waals surface area contributed by atoms with E-state index < -0.39 is 0 Å². The molecule has 0 N–H and O–H groups in total. The summed E-state index contributed by atoms with van der Waals surface area (Å²) in [5, 5.41) is 2.16. The first-order valence-electron chi connectivity index (χ1n) is 7.87. The molecule has 0 fully saturated rings. The highest BCUT2D eigenvalue weighted by Gasteiger charge is 2.29. The SMILES string of the molecule is CB1C=c2oc3ncccc3c2=CN1c1cc(C)c(C)c[n+]1C. The molecule has 4 rings (SSSR count). The van der Waals surface area contributed by atoms with Gasteiger partial charge in [0.25, 0.3) is 5.82 Å². The molecule has 0 amide bonds. The molecule has 4 nitrogen and oxygen atoms in total. The van der Waals surface area contributed by atoms with Gasteiger partial charge in [-0.2, -0.15) is 0 Å². The summed E-state index contributed by atoms with van der Waals surface area (Å²) >= 11 is 0. The highest BCUT2D eigenvalue weighted by Crippen LogP contribution is 2.17. The van der Waals surface area contributed by atoms with Crippen molar-refractivity contribution < 1.29 is 8.98 Å². The number of nitrogens with zero attached hydrogens (tertiary/aromatic N) is 3. The average Bonchev–Trinajstić information content (AvgIpc) is 2.87. The van der Waals surface area contributed by atoms with Gasteiger partial charge >= 0.3 is 6.85 Å². The molecule has 0 saturated carbocycles.